The first-order chi connectivity index (χ1) is 9.68. The minimum Gasteiger partial charge on any atom is -0.372 e. The van der Waals surface area contributed by atoms with Crippen LogP contribution < -0.4 is 5.32 Å². The molecule has 21 heavy (non-hydrogen) atoms. The maximum Gasteiger partial charge on any atom is 0.0804 e. The molecule has 2 aromatic rings. The molecule has 0 amide bonds. The second kappa shape index (κ2) is 5.24. The third kappa shape index (κ3) is 2.24. The van der Waals surface area contributed by atoms with Gasteiger partial charge in [0, 0.05) is 30.0 Å². The molecule has 4 rings (SSSR count). The Balaban J connectivity index is 0.00000132. The van der Waals surface area contributed by atoms with Crippen molar-refractivity contribution in [1.82, 2.24) is 9.47 Å². The highest BCUT2D eigenvalue weighted by molar-refractivity contribution is 6.31. The average molecular weight is 324 g/mol. The van der Waals surface area contributed by atoms with Gasteiger partial charge < -0.3 is 14.8 Å². The molecule has 112 valence electrons. The van der Waals surface area contributed by atoms with Crippen LogP contribution in [0.25, 0.3) is 5.69 Å². The third-order valence-corrected chi connectivity index (χ3v) is 4.91. The van der Waals surface area contributed by atoms with Crippen molar-refractivity contribution >= 4 is 29.7 Å². The molecule has 0 unspecified atom stereocenters. The standard InChI is InChI=1S/C16H18ClN3.ClH/c1-19-9-6-16(7-10-19)15-3-2-8-20(15)14-5-4-12(17)11-13(14)18-16;/h2-5,8,11,18H,6-7,9-10H2,1H3;1H. The monoisotopic (exact) mass is 323 g/mol. The van der Waals surface area contributed by atoms with Crippen LogP contribution in [0.5, 0.6) is 0 Å². The molecule has 0 atom stereocenters. The number of aromatic nitrogens is 1. The molecule has 1 saturated heterocycles. The fraction of sp³-hybridized carbons (Fsp3) is 0.375. The zero-order valence-electron chi connectivity index (χ0n) is 12.0. The Hall–Kier alpha value is -1.16. The number of benzene rings is 1. The molecule has 0 saturated carbocycles. The molecular weight excluding hydrogens is 305 g/mol. The van der Waals surface area contributed by atoms with Gasteiger partial charge in [0.2, 0.25) is 0 Å². The van der Waals surface area contributed by atoms with Crippen LogP contribution in [0.2, 0.25) is 5.02 Å². The lowest BCUT2D eigenvalue weighted by atomic mass is 9.82. The molecule has 2 aliphatic rings. The van der Waals surface area contributed by atoms with E-state index in [0.717, 1.165) is 36.6 Å². The van der Waals surface area contributed by atoms with Crippen LogP contribution in [0.15, 0.2) is 36.5 Å². The van der Waals surface area contributed by atoms with Crippen LogP contribution in [0.4, 0.5) is 5.69 Å². The molecule has 5 heteroatoms. The number of fused-ring (bicyclic) bond motifs is 4. The zero-order chi connectivity index (χ0) is 13.7. The van der Waals surface area contributed by atoms with E-state index in [4.69, 9.17) is 11.6 Å². The van der Waals surface area contributed by atoms with Crippen molar-refractivity contribution in [2.75, 3.05) is 25.5 Å². The minimum absolute atomic E-state index is 0. The predicted molar refractivity (Wildman–Crippen MR) is 90.1 cm³/mol. The Kier molecular flexibility index (Phi) is 3.68. The molecule has 0 radical (unpaired) electrons. The molecule has 1 aromatic heterocycles. The summed E-state index contributed by atoms with van der Waals surface area (Å²) in [6.45, 7) is 2.24. The molecule has 1 N–H and O–H groups in total. The summed E-state index contributed by atoms with van der Waals surface area (Å²) in [6.07, 6.45) is 4.40. The summed E-state index contributed by atoms with van der Waals surface area (Å²) in [5.41, 5.74) is 3.76. The van der Waals surface area contributed by atoms with Gasteiger partial charge in [-0.05, 0) is 50.2 Å². The first-order valence-corrected chi connectivity index (χ1v) is 7.50. The van der Waals surface area contributed by atoms with Gasteiger partial charge in [-0.3, -0.25) is 0 Å². The van der Waals surface area contributed by atoms with Gasteiger partial charge in [0.05, 0.1) is 16.9 Å². The van der Waals surface area contributed by atoms with Gasteiger partial charge in [0.15, 0.2) is 0 Å². The lowest BCUT2D eigenvalue weighted by Gasteiger charge is -2.45. The summed E-state index contributed by atoms with van der Waals surface area (Å²) in [4.78, 5) is 2.40. The van der Waals surface area contributed by atoms with Crippen molar-refractivity contribution in [3.05, 3.63) is 47.2 Å². The number of piperidine rings is 1. The lowest BCUT2D eigenvalue weighted by Crippen LogP contribution is -2.48. The molecular formula is C16H19Cl2N3. The molecule has 1 fully saturated rings. The van der Waals surface area contributed by atoms with Gasteiger partial charge in [-0.2, -0.15) is 0 Å². The summed E-state index contributed by atoms with van der Waals surface area (Å²) < 4.78 is 2.31. The van der Waals surface area contributed by atoms with Gasteiger partial charge in [0.25, 0.3) is 0 Å². The number of rotatable bonds is 0. The molecule has 3 nitrogen and oxygen atoms in total. The summed E-state index contributed by atoms with van der Waals surface area (Å²) in [5.74, 6) is 0. The van der Waals surface area contributed by atoms with Crippen LogP contribution in [0.3, 0.4) is 0 Å². The highest BCUT2D eigenvalue weighted by Crippen LogP contribution is 2.43. The molecule has 3 heterocycles. The van der Waals surface area contributed by atoms with E-state index in [9.17, 15) is 0 Å². The highest BCUT2D eigenvalue weighted by atomic mass is 35.5. The Labute approximate surface area is 136 Å². The highest BCUT2D eigenvalue weighted by Gasteiger charge is 2.40. The Morgan fingerprint density at radius 3 is 2.71 bits per heavy atom. The normalized spacial score (nSPS) is 19.3. The second-order valence-electron chi connectivity index (χ2n) is 5.94. The topological polar surface area (TPSA) is 20.2 Å². The fourth-order valence-corrected chi connectivity index (χ4v) is 3.67. The number of nitrogens with zero attached hydrogens (tertiary/aromatic N) is 2. The molecule has 1 spiro atoms. The van der Waals surface area contributed by atoms with Gasteiger partial charge in [-0.15, -0.1) is 12.4 Å². The smallest absolute Gasteiger partial charge is 0.0804 e. The predicted octanol–water partition coefficient (Wildman–Crippen LogP) is 3.90. The van der Waals surface area contributed by atoms with E-state index in [0.29, 0.717) is 0 Å². The largest absolute Gasteiger partial charge is 0.372 e. The summed E-state index contributed by atoms with van der Waals surface area (Å²) >= 11 is 6.17. The maximum absolute atomic E-state index is 6.17. The summed E-state index contributed by atoms with van der Waals surface area (Å²) in [7, 11) is 2.19. The van der Waals surface area contributed by atoms with E-state index in [-0.39, 0.29) is 17.9 Å². The van der Waals surface area contributed by atoms with Crippen LogP contribution in [0, 0.1) is 0 Å². The third-order valence-electron chi connectivity index (χ3n) is 4.67. The van der Waals surface area contributed by atoms with Crippen molar-refractivity contribution in [2.45, 2.75) is 18.4 Å². The van der Waals surface area contributed by atoms with Gasteiger partial charge >= 0.3 is 0 Å². The second-order valence-corrected chi connectivity index (χ2v) is 6.37. The molecule has 1 aromatic carbocycles. The first-order valence-electron chi connectivity index (χ1n) is 7.12. The van der Waals surface area contributed by atoms with Gasteiger partial charge in [-0.25, -0.2) is 0 Å². The number of halogens is 2. The van der Waals surface area contributed by atoms with E-state index < -0.39 is 0 Å². The van der Waals surface area contributed by atoms with Gasteiger partial charge in [0.1, 0.15) is 0 Å². The number of nitrogens with one attached hydrogen (secondary N) is 1. The Morgan fingerprint density at radius 1 is 1.19 bits per heavy atom. The summed E-state index contributed by atoms with van der Waals surface area (Å²) in [6, 6.07) is 10.5. The van der Waals surface area contributed by atoms with E-state index >= 15 is 0 Å². The van der Waals surface area contributed by atoms with Crippen molar-refractivity contribution < 1.29 is 0 Å². The van der Waals surface area contributed by atoms with Crippen molar-refractivity contribution in [1.29, 1.82) is 0 Å². The van der Waals surface area contributed by atoms with E-state index in [1.54, 1.807) is 0 Å². The van der Waals surface area contributed by atoms with Crippen LogP contribution in [0.1, 0.15) is 18.5 Å². The average Bonchev–Trinajstić information content (AvgIpc) is 2.92. The fourth-order valence-electron chi connectivity index (χ4n) is 3.50. The maximum atomic E-state index is 6.17. The number of anilines is 1. The van der Waals surface area contributed by atoms with Crippen molar-refractivity contribution in [3.8, 4) is 5.69 Å². The SMILES string of the molecule is CN1CCC2(CC1)Nc1cc(Cl)ccc1-n1cccc12.Cl. The molecule has 0 aliphatic carbocycles. The van der Waals surface area contributed by atoms with Crippen LogP contribution in [-0.2, 0) is 5.54 Å². The van der Waals surface area contributed by atoms with Crippen LogP contribution >= 0.6 is 24.0 Å². The van der Waals surface area contributed by atoms with Crippen molar-refractivity contribution in [2.24, 2.45) is 0 Å². The van der Waals surface area contributed by atoms with Crippen molar-refractivity contribution in [3.63, 3.8) is 0 Å². The van der Waals surface area contributed by atoms with E-state index in [2.05, 4.69) is 46.2 Å². The number of hydrogen-bond donors (Lipinski definition) is 1. The lowest BCUT2D eigenvalue weighted by molar-refractivity contribution is 0.199. The molecule has 2 aliphatic heterocycles. The van der Waals surface area contributed by atoms with Gasteiger partial charge in [-0.1, -0.05) is 11.6 Å². The number of hydrogen-bond acceptors (Lipinski definition) is 2. The Morgan fingerprint density at radius 2 is 1.95 bits per heavy atom. The Bertz CT molecular complexity index is 657. The van der Waals surface area contributed by atoms with Crippen LogP contribution in [-0.4, -0.2) is 29.6 Å². The number of likely N-dealkylation sites (tertiary alicyclic amines) is 1. The summed E-state index contributed by atoms with van der Waals surface area (Å²) in [5, 5.41) is 4.57. The van der Waals surface area contributed by atoms with E-state index in [1.165, 1.54) is 11.4 Å². The zero-order valence-corrected chi connectivity index (χ0v) is 13.5. The minimum atomic E-state index is 0. The van der Waals surface area contributed by atoms with E-state index in [1.807, 2.05) is 12.1 Å². The molecule has 0 bridgehead atoms. The quantitative estimate of drug-likeness (QED) is 0.793. The first kappa shape index (κ1) is 14.8.